The van der Waals surface area contributed by atoms with E-state index in [9.17, 15) is 9.59 Å². The minimum Gasteiger partial charge on any atom is -0.494 e. The second-order valence-electron chi connectivity index (χ2n) is 11.3. The number of amides is 1. The Balaban J connectivity index is 1.05. The Hall–Kier alpha value is -4.92. The molecule has 268 valence electrons. The van der Waals surface area contributed by atoms with Crippen molar-refractivity contribution in [1.29, 1.82) is 0 Å². The van der Waals surface area contributed by atoms with Gasteiger partial charge in [0.15, 0.2) is 11.6 Å². The number of nitrogens with zero attached hydrogens (tertiary/aromatic N) is 5. The van der Waals surface area contributed by atoms with Crippen LogP contribution in [0.2, 0.25) is 0 Å². The normalized spacial score (nSPS) is 10.9. The highest BCUT2D eigenvalue weighted by atomic mass is 16.5. The van der Waals surface area contributed by atoms with Gasteiger partial charge in [0.25, 0.3) is 5.91 Å². The highest BCUT2D eigenvalue weighted by Gasteiger charge is 2.12. The van der Waals surface area contributed by atoms with Gasteiger partial charge in [0.05, 0.1) is 59.7 Å². The number of unbranched alkanes of at least 4 members (excludes halogenated alkanes) is 3. The zero-order valence-corrected chi connectivity index (χ0v) is 28.8. The maximum Gasteiger partial charge on any atom is 0.307 e. The summed E-state index contributed by atoms with van der Waals surface area (Å²) < 4.78 is 28.7. The molecule has 1 amide bonds. The van der Waals surface area contributed by atoms with Crippen molar-refractivity contribution in [1.82, 2.24) is 30.0 Å². The number of carbonyl (C=O) groups excluding carboxylic acids is 2. The van der Waals surface area contributed by atoms with Crippen LogP contribution in [0, 0.1) is 0 Å². The van der Waals surface area contributed by atoms with Crippen LogP contribution in [0.3, 0.4) is 0 Å². The average Bonchev–Trinajstić information content (AvgIpc) is 3.52. The van der Waals surface area contributed by atoms with Crippen LogP contribution in [-0.4, -0.2) is 90.0 Å². The van der Waals surface area contributed by atoms with Gasteiger partial charge >= 0.3 is 5.97 Å². The van der Waals surface area contributed by atoms with E-state index in [1.54, 1.807) is 18.3 Å². The fraction of sp³-hybridized carbons (Fsp3) is 0.444. The van der Waals surface area contributed by atoms with Crippen molar-refractivity contribution in [2.75, 3.05) is 58.7 Å². The van der Waals surface area contributed by atoms with Gasteiger partial charge in [0.2, 0.25) is 0 Å². The Morgan fingerprint density at radius 1 is 0.800 bits per heavy atom. The molecule has 0 fully saturated rings. The zero-order valence-electron chi connectivity index (χ0n) is 28.8. The van der Waals surface area contributed by atoms with Crippen LogP contribution < -0.4 is 15.4 Å². The largest absolute Gasteiger partial charge is 0.494 e. The maximum atomic E-state index is 13.0. The molecule has 2 N–H and O–H groups in total. The topological polar surface area (TPSA) is 161 Å². The first-order valence-electron chi connectivity index (χ1n) is 16.8. The summed E-state index contributed by atoms with van der Waals surface area (Å²) in [4.78, 5) is 32.1. The van der Waals surface area contributed by atoms with Gasteiger partial charge in [0.1, 0.15) is 17.8 Å². The number of esters is 1. The quantitative estimate of drug-likeness (QED) is 0.0791. The van der Waals surface area contributed by atoms with Gasteiger partial charge in [0, 0.05) is 37.6 Å². The molecule has 0 saturated carbocycles. The molecule has 0 saturated heterocycles. The smallest absolute Gasteiger partial charge is 0.307 e. The van der Waals surface area contributed by atoms with Crippen molar-refractivity contribution in [3.63, 3.8) is 0 Å². The Morgan fingerprint density at radius 2 is 1.56 bits per heavy atom. The molecule has 2 aromatic heterocycles. The van der Waals surface area contributed by atoms with Crippen LogP contribution in [0.5, 0.6) is 5.75 Å². The Labute approximate surface area is 292 Å². The SMILES string of the molecule is COC(=O)CCOCCOCCOCCCCCCOc1cccc(CNC(=O)c2cccc(NCc3nnc(-c4ccncn4)n3C)c2)c1. The lowest BCUT2D eigenvalue weighted by Crippen LogP contribution is -2.22. The molecule has 0 aliphatic rings. The van der Waals surface area contributed by atoms with Gasteiger partial charge in [-0.15, -0.1) is 10.2 Å². The number of nitrogens with one attached hydrogen (secondary N) is 2. The average molecular weight is 690 g/mol. The molecule has 0 bridgehead atoms. The van der Waals surface area contributed by atoms with Gasteiger partial charge in [-0.1, -0.05) is 24.6 Å². The van der Waals surface area contributed by atoms with Crippen molar-refractivity contribution < 1.29 is 33.3 Å². The predicted molar refractivity (Wildman–Crippen MR) is 186 cm³/mol. The molecule has 14 nitrogen and oxygen atoms in total. The number of aromatic nitrogens is 5. The molecule has 0 unspecified atom stereocenters. The molecule has 14 heteroatoms. The molecule has 2 heterocycles. The number of hydrogen-bond acceptors (Lipinski definition) is 12. The number of methoxy groups -OCH3 is 1. The lowest BCUT2D eigenvalue weighted by Gasteiger charge is -2.11. The number of carbonyl (C=O) groups is 2. The van der Waals surface area contributed by atoms with Crippen LogP contribution >= 0.6 is 0 Å². The van der Waals surface area contributed by atoms with Gasteiger partial charge in [-0.2, -0.15) is 0 Å². The summed E-state index contributed by atoms with van der Waals surface area (Å²) in [7, 11) is 3.25. The third kappa shape index (κ3) is 13.5. The van der Waals surface area contributed by atoms with Gasteiger partial charge < -0.3 is 38.9 Å². The molecule has 50 heavy (non-hydrogen) atoms. The molecule has 0 atom stereocenters. The van der Waals surface area contributed by atoms with E-state index in [0.29, 0.717) is 76.4 Å². The number of benzene rings is 2. The fourth-order valence-corrected chi connectivity index (χ4v) is 4.79. The molecular weight excluding hydrogens is 642 g/mol. The van der Waals surface area contributed by atoms with E-state index in [1.165, 1.54) is 13.4 Å². The standard InChI is InChI=1S/C36H47N7O7/c1-43-33(41-42-35(43)32-13-15-37-27-40-32)26-38-30-11-8-10-29(24-30)36(45)39-25-28-9-7-12-31(23-28)50-17-6-4-3-5-16-47-19-21-49-22-20-48-18-14-34(44)46-2/h7-13,15,23-24,27,38H,3-6,14,16-22,25-26H2,1-2H3,(H,39,45). The first-order chi connectivity index (χ1) is 24.5. The van der Waals surface area contributed by atoms with Crippen molar-refractivity contribution in [3.05, 3.63) is 84.1 Å². The van der Waals surface area contributed by atoms with E-state index in [4.69, 9.17) is 18.9 Å². The van der Waals surface area contributed by atoms with Gasteiger partial charge in [-0.05, 0) is 61.2 Å². The molecule has 2 aromatic carbocycles. The number of ether oxygens (including phenoxy) is 5. The summed E-state index contributed by atoms with van der Waals surface area (Å²) in [6.07, 6.45) is 7.44. The van der Waals surface area contributed by atoms with Crippen molar-refractivity contribution in [2.45, 2.75) is 45.2 Å². The van der Waals surface area contributed by atoms with Gasteiger partial charge in [-0.3, -0.25) is 9.59 Å². The first kappa shape index (κ1) is 37.9. The van der Waals surface area contributed by atoms with E-state index in [-0.39, 0.29) is 18.3 Å². The minimum absolute atomic E-state index is 0.167. The molecular formula is C36H47N7O7. The van der Waals surface area contributed by atoms with Crippen LogP contribution in [0.4, 0.5) is 5.69 Å². The summed E-state index contributed by atoms with van der Waals surface area (Å²) in [6.45, 7) is 4.44. The second kappa shape index (κ2) is 21.9. The lowest BCUT2D eigenvalue weighted by molar-refractivity contribution is -0.141. The van der Waals surface area contributed by atoms with Crippen LogP contribution in [-0.2, 0) is 43.9 Å². The van der Waals surface area contributed by atoms with Crippen LogP contribution in [0.15, 0.2) is 67.1 Å². The van der Waals surface area contributed by atoms with E-state index < -0.39 is 0 Å². The van der Waals surface area contributed by atoms with E-state index in [2.05, 4.69) is 35.5 Å². The zero-order chi connectivity index (χ0) is 35.2. The fourth-order valence-electron chi connectivity index (χ4n) is 4.79. The number of anilines is 1. The molecule has 4 rings (SSSR count). The van der Waals surface area contributed by atoms with Crippen molar-refractivity contribution in [3.8, 4) is 17.3 Å². The number of rotatable bonds is 24. The van der Waals surface area contributed by atoms with Crippen molar-refractivity contribution >= 4 is 17.6 Å². The van der Waals surface area contributed by atoms with Crippen molar-refractivity contribution in [2.24, 2.45) is 7.05 Å². The summed E-state index contributed by atoms with van der Waals surface area (Å²) in [5.74, 6) is 1.72. The summed E-state index contributed by atoms with van der Waals surface area (Å²) in [6, 6.07) is 16.9. The third-order valence-electron chi connectivity index (χ3n) is 7.58. The van der Waals surface area contributed by atoms with Crippen LogP contribution in [0.25, 0.3) is 11.5 Å². The Bertz CT molecular complexity index is 1590. The first-order valence-corrected chi connectivity index (χ1v) is 16.8. The molecule has 0 radical (unpaired) electrons. The van der Waals surface area contributed by atoms with Gasteiger partial charge in [-0.25, -0.2) is 9.97 Å². The number of hydrogen-bond donors (Lipinski definition) is 2. The highest BCUT2D eigenvalue weighted by Crippen LogP contribution is 2.17. The summed E-state index contributed by atoms with van der Waals surface area (Å²) >= 11 is 0. The van der Waals surface area contributed by atoms with E-state index in [1.807, 2.05) is 54.1 Å². The lowest BCUT2D eigenvalue weighted by atomic mass is 10.1. The molecule has 0 aliphatic carbocycles. The monoisotopic (exact) mass is 689 g/mol. The Kier molecular flexibility index (Phi) is 16.6. The summed E-state index contributed by atoms with van der Waals surface area (Å²) in [5, 5.41) is 14.9. The minimum atomic E-state index is -0.281. The predicted octanol–water partition coefficient (Wildman–Crippen LogP) is 4.37. The third-order valence-corrected chi connectivity index (χ3v) is 7.58. The molecule has 0 spiro atoms. The second-order valence-corrected chi connectivity index (χ2v) is 11.3. The highest BCUT2D eigenvalue weighted by molar-refractivity contribution is 5.95. The Morgan fingerprint density at radius 3 is 2.34 bits per heavy atom. The molecule has 4 aromatic rings. The van der Waals surface area contributed by atoms with E-state index in [0.717, 1.165) is 48.5 Å². The van der Waals surface area contributed by atoms with Crippen LogP contribution in [0.1, 0.15) is 53.8 Å². The maximum absolute atomic E-state index is 13.0. The molecule has 0 aliphatic heterocycles. The summed E-state index contributed by atoms with van der Waals surface area (Å²) in [5.41, 5.74) is 3.00. The van der Waals surface area contributed by atoms with E-state index >= 15 is 0 Å².